The predicted octanol–water partition coefficient (Wildman–Crippen LogP) is 5.65. The van der Waals surface area contributed by atoms with Crippen LogP contribution in [0.3, 0.4) is 0 Å². The summed E-state index contributed by atoms with van der Waals surface area (Å²) in [6.07, 6.45) is 10.0. The number of hydrogen-bond acceptors (Lipinski definition) is 7. The van der Waals surface area contributed by atoms with Gasteiger partial charge in [0.15, 0.2) is 0 Å². The Morgan fingerprint density at radius 2 is 1.79 bits per heavy atom. The minimum atomic E-state index is -0.903. The number of hydrogen-bond donors (Lipinski definition) is 2. The van der Waals surface area contributed by atoms with Gasteiger partial charge in [0.2, 0.25) is 5.82 Å². The number of ether oxygens (including phenoxy) is 1. The van der Waals surface area contributed by atoms with E-state index in [1.807, 2.05) is 43.5 Å². The van der Waals surface area contributed by atoms with Crippen LogP contribution < -0.4 is 10.2 Å². The highest BCUT2D eigenvalue weighted by Crippen LogP contribution is 2.43. The minimum Gasteiger partial charge on any atom is -0.478 e. The van der Waals surface area contributed by atoms with E-state index < -0.39 is 5.97 Å². The van der Waals surface area contributed by atoms with Crippen molar-refractivity contribution in [2.45, 2.75) is 50.5 Å². The number of aromatic nitrogens is 2. The predicted molar refractivity (Wildman–Crippen MR) is 151 cm³/mol. The standard InChI is InChI=1S/C31H36N4O4/c1-38-31(25-4-2-3-5-25)14-18-35(19-15-31)30-33-28(34-39-30)23-8-6-21(7-9-23)24-10-11-26(29(36)37)27(20-24)22-12-16-32-17-13-22/h6-12,20,25,32H,2-5,13-19H2,1H3,(H,36,37). The van der Waals surface area contributed by atoms with Crippen molar-refractivity contribution < 1.29 is 19.2 Å². The average Bonchev–Trinajstić information content (AvgIpc) is 3.71. The normalized spacial score (nSPS) is 19.7. The summed E-state index contributed by atoms with van der Waals surface area (Å²) in [6.45, 7) is 3.31. The molecule has 3 aromatic rings. The number of nitrogens with one attached hydrogen (secondary N) is 1. The molecular formula is C31H36N4O4. The summed E-state index contributed by atoms with van der Waals surface area (Å²) >= 11 is 0. The molecule has 1 saturated heterocycles. The van der Waals surface area contributed by atoms with Crippen LogP contribution in [0.5, 0.6) is 0 Å². The number of anilines is 1. The first kappa shape index (κ1) is 25.8. The number of carbonyl (C=O) groups is 1. The van der Waals surface area contributed by atoms with Crippen LogP contribution in [-0.4, -0.2) is 60.1 Å². The number of benzene rings is 2. The smallest absolute Gasteiger partial charge is 0.336 e. The second-order valence-electron chi connectivity index (χ2n) is 11.0. The number of rotatable bonds is 7. The van der Waals surface area contributed by atoms with Crippen LogP contribution in [0.2, 0.25) is 0 Å². The summed E-state index contributed by atoms with van der Waals surface area (Å²) < 4.78 is 11.8. The van der Waals surface area contributed by atoms with E-state index in [4.69, 9.17) is 14.2 Å². The molecule has 1 aliphatic carbocycles. The Hall–Kier alpha value is -3.49. The van der Waals surface area contributed by atoms with Crippen LogP contribution in [0.4, 0.5) is 6.01 Å². The lowest BCUT2D eigenvalue weighted by Gasteiger charge is -2.44. The third kappa shape index (κ3) is 5.11. The van der Waals surface area contributed by atoms with E-state index in [1.165, 1.54) is 25.7 Å². The maximum absolute atomic E-state index is 11.9. The highest BCUT2D eigenvalue weighted by Gasteiger charge is 2.43. The zero-order valence-electron chi connectivity index (χ0n) is 22.5. The highest BCUT2D eigenvalue weighted by molar-refractivity contribution is 5.95. The Kier molecular flexibility index (Phi) is 7.23. The number of carboxylic acids is 1. The summed E-state index contributed by atoms with van der Waals surface area (Å²) in [5.41, 5.74) is 5.06. The second kappa shape index (κ2) is 10.9. The molecule has 0 atom stereocenters. The maximum atomic E-state index is 11.9. The molecule has 3 aliphatic rings. The summed E-state index contributed by atoms with van der Waals surface area (Å²) in [7, 11) is 1.87. The van der Waals surface area contributed by atoms with Crippen molar-refractivity contribution in [1.29, 1.82) is 0 Å². The lowest BCUT2D eigenvalue weighted by atomic mass is 9.78. The fourth-order valence-corrected chi connectivity index (χ4v) is 6.62. The summed E-state index contributed by atoms with van der Waals surface area (Å²) in [6, 6.07) is 14.2. The molecule has 2 fully saturated rings. The molecule has 8 nitrogen and oxygen atoms in total. The van der Waals surface area contributed by atoms with Crippen LogP contribution in [0.25, 0.3) is 28.1 Å². The van der Waals surface area contributed by atoms with Crippen molar-refractivity contribution in [3.8, 4) is 22.5 Å². The largest absolute Gasteiger partial charge is 0.478 e. The van der Waals surface area contributed by atoms with Gasteiger partial charge in [0.1, 0.15) is 0 Å². The molecule has 2 aliphatic heterocycles. The van der Waals surface area contributed by atoms with Crippen LogP contribution in [0, 0.1) is 5.92 Å². The number of nitrogens with zero attached hydrogens (tertiary/aromatic N) is 3. The van der Waals surface area contributed by atoms with Crippen LogP contribution in [-0.2, 0) is 4.74 Å². The SMILES string of the molecule is COC1(C2CCCC2)CCN(c2nc(-c3ccc(-c4ccc(C(=O)O)c(C5=CCNCC5)c4)cc3)no2)CC1. The van der Waals surface area contributed by atoms with Gasteiger partial charge in [-0.05, 0) is 79.0 Å². The molecule has 3 heterocycles. The molecule has 204 valence electrons. The molecule has 6 rings (SSSR count). The molecule has 0 radical (unpaired) electrons. The van der Waals surface area contributed by atoms with Crippen LogP contribution in [0.1, 0.15) is 60.9 Å². The Bertz CT molecular complexity index is 1350. The summed E-state index contributed by atoms with van der Waals surface area (Å²) in [5.74, 6) is 0.325. The van der Waals surface area contributed by atoms with Crippen molar-refractivity contribution in [3.05, 3.63) is 59.7 Å². The number of carboxylic acid groups (broad SMARTS) is 1. The molecular weight excluding hydrogens is 492 g/mol. The second-order valence-corrected chi connectivity index (χ2v) is 11.0. The van der Waals surface area contributed by atoms with E-state index in [1.54, 1.807) is 6.07 Å². The minimum absolute atomic E-state index is 0.0153. The van der Waals surface area contributed by atoms with Gasteiger partial charge in [-0.15, -0.1) is 0 Å². The Morgan fingerprint density at radius 1 is 1.08 bits per heavy atom. The highest BCUT2D eigenvalue weighted by atomic mass is 16.5. The van der Waals surface area contributed by atoms with Gasteiger partial charge in [0.05, 0.1) is 11.2 Å². The lowest BCUT2D eigenvalue weighted by molar-refractivity contribution is -0.0742. The lowest BCUT2D eigenvalue weighted by Crippen LogP contribution is -2.49. The zero-order chi connectivity index (χ0) is 26.8. The number of aromatic carboxylic acids is 1. The van der Waals surface area contributed by atoms with Gasteiger partial charge >= 0.3 is 12.0 Å². The third-order valence-electron chi connectivity index (χ3n) is 8.94. The third-order valence-corrected chi connectivity index (χ3v) is 8.94. The van der Waals surface area contributed by atoms with Gasteiger partial charge in [-0.2, -0.15) is 4.98 Å². The molecule has 1 aromatic heterocycles. The first-order valence-corrected chi connectivity index (χ1v) is 14.1. The van der Waals surface area contributed by atoms with Crippen LogP contribution in [0.15, 0.2) is 53.1 Å². The number of methoxy groups -OCH3 is 1. The van der Waals surface area contributed by atoms with E-state index in [0.29, 0.717) is 23.3 Å². The molecule has 8 heteroatoms. The van der Waals surface area contributed by atoms with Gasteiger partial charge in [-0.1, -0.05) is 54.4 Å². The van der Waals surface area contributed by atoms with Crippen molar-refractivity contribution in [1.82, 2.24) is 15.5 Å². The maximum Gasteiger partial charge on any atom is 0.336 e. The number of piperidine rings is 1. The molecule has 2 N–H and O–H groups in total. The molecule has 0 spiro atoms. The van der Waals surface area contributed by atoms with E-state index in [2.05, 4.69) is 21.4 Å². The van der Waals surface area contributed by atoms with Gasteiger partial charge in [0.25, 0.3) is 0 Å². The van der Waals surface area contributed by atoms with Gasteiger partial charge in [0, 0.05) is 32.3 Å². The first-order chi connectivity index (χ1) is 19.1. The molecule has 0 unspecified atom stereocenters. The monoisotopic (exact) mass is 528 g/mol. The van der Waals surface area contributed by atoms with Crippen molar-refractivity contribution in [2.75, 3.05) is 38.2 Å². The van der Waals surface area contributed by atoms with Gasteiger partial charge in [-0.3, -0.25) is 0 Å². The van der Waals surface area contributed by atoms with Crippen molar-refractivity contribution in [3.63, 3.8) is 0 Å². The Labute approximate surface area is 229 Å². The van der Waals surface area contributed by atoms with Gasteiger partial charge in [-0.25, -0.2) is 4.79 Å². The molecule has 2 aromatic carbocycles. The average molecular weight is 529 g/mol. The Balaban J connectivity index is 1.17. The summed E-state index contributed by atoms with van der Waals surface area (Å²) in [4.78, 5) is 18.8. The van der Waals surface area contributed by atoms with E-state index in [0.717, 1.165) is 73.3 Å². The van der Waals surface area contributed by atoms with Gasteiger partial charge < -0.3 is 24.6 Å². The molecule has 39 heavy (non-hydrogen) atoms. The quantitative estimate of drug-likeness (QED) is 0.406. The van der Waals surface area contributed by atoms with Crippen molar-refractivity contribution >= 4 is 17.6 Å². The van der Waals surface area contributed by atoms with E-state index in [9.17, 15) is 9.90 Å². The molecule has 0 bridgehead atoms. The Morgan fingerprint density at radius 3 is 2.46 bits per heavy atom. The van der Waals surface area contributed by atoms with Crippen LogP contribution >= 0.6 is 0 Å². The summed E-state index contributed by atoms with van der Waals surface area (Å²) in [5, 5.41) is 17.3. The van der Waals surface area contributed by atoms with E-state index >= 15 is 0 Å². The zero-order valence-corrected chi connectivity index (χ0v) is 22.5. The molecule has 1 saturated carbocycles. The fourth-order valence-electron chi connectivity index (χ4n) is 6.62. The van der Waals surface area contributed by atoms with Crippen molar-refractivity contribution in [2.24, 2.45) is 5.92 Å². The topological polar surface area (TPSA) is 101 Å². The van der Waals surface area contributed by atoms with E-state index in [-0.39, 0.29) is 5.60 Å². The molecule has 0 amide bonds. The fraction of sp³-hybridized carbons (Fsp3) is 0.452. The first-order valence-electron chi connectivity index (χ1n) is 14.1.